The number of hydrogen-bond donors (Lipinski definition) is 1. The van der Waals surface area contributed by atoms with Crippen molar-refractivity contribution in [2.75, 3.05) is 13.1 Å². The summed E-state index contributed by atoms with van der Waals surface area (Å²) >= 11 is 0. The number of aliphatic hydroxyl groups excluding tert-OH is 1. The highest BCUT2D eigenvalue weighted by molar-refractivity contribution is 5.80. The molecule has 1 N–H and O–H groups in total. The molecule has 0 saturated carbocycles. The Morgan fingerprint density at radius 3 is 2.50 bits per heavy atom. The molecular weight excluding hydrogens is 226 g/mol. The third-order valence-corrected chi connectivity index (χ3v) is 3.57. The Labute approximate surface area is 108 Å². The molecule has 1 saturated heterocycles. The molecule has 0 aromatic heterocycles. The minimum absolute atomic E-state index is 0.151. The van der Waals surface area contributed by atoms with Crippen LogP contribution in [0.25, 0.3) is 0 Å². The van der Waals surface area contributed by atoms with E-state index >= 15 is 0 Å². The molecule has 0 radical (unpaired) electrons. The fourth-order valence-corrected chi connectivity index (χ4v) is 2.74. The maximum absolute atomic E-state index is 11.7. The molecule has 1 aliphatic heterocycles. The Balaban J connectivity index is 2.11. The molecule has 98 valence electrons. The standard InChI is InChI=1S/C15H21NO2/c1-10-6-11(2)8-14(7-10)13-4-5-16(9-13)15(18)12(3)17/h6-8,12-13,17H,4-5,9H2,1-3H3/t12-,13+/m0/s1. The van der Waals surface area contributed by atoms with Gasteiger partial charge in [-0.25, -0.2) is 0 Å². The molecule has 3 heteroatoms. The number of hydrogen-bond acceptors (Lipinski definition) is 2. The van der Waals surface area contributed by atoms with E-state index in [0.29, 0.717) is 5.92 Å². The Bertz CT molecular complexity index is 434. The van der Waals surface area contributed by atoms with E-state index < -0.39 is 6.10 Å². The quantitative estimate of drug-likeness (QED) is 0.868. The number of carbonyl (C=O) groups excluding carboxylic acids is 1. The van der Waals surface area contributed by atoms with Crippen molar-refractivity contribution in [3.63, 3.8) is 0 Å². The Kier molecular flexibility index (Phi) is 3.71. The van der Waals surface area contributed by atoms with Gasteiger partial charge in [-0.2, -0.15) is 0 Å². The minimum Gasteiger partial charge on any atom is -0.384 e. The van der Waals surface area contributed by atoms with E-state index in [2.05, 4.69) is 32.0 Å². The number of aliphatic hydroxyl groups is 1. The van der Waals surface area contributed by atoms with Crippen LogP contribution in [0, 0.1) is 13.8 Å². The zero-order valence-corrected chi connectivity index (χ0v) is 11.3. The maximum atomic E-state index is 11.7. The second kappa shape index (κ2) is 5.11. The van der Waals surface area contributed by atoms with Crippen molar-refractivity contribution in [3.8, 4) is 0 Å². The van der Waals surface area contributed by atoms with Crippen LogP contribution in [0.15, 0.2) is 18.2 Å². The van der Waals surface area contributed by atoms with Crippen LogP contribution in [0.5, 0.6) is 0 Å². The van der Waals surface area contributed by atoms with Gasteiger partial charge in [0.15, 0.2) is 0 Å². The molecule has 0 spiro atoms. The molecule has 0 unspecified atom stereocenters. The van der Waals surface area contributed by atoms with Gasteiger partial charge in [-0.1, -0.05) is 29.3 Å². The number of aryl methyl sites for hydroxylation is 2. The largest absolute Gasteiger partial charge is 0.384 e. The molecule has 0 aliphatic carbocycles. The molecular formula is C15H21NO2. The van der Waals surface area contributed by atoms with Crippen molar-refractivity contribution in [3.05, 3.63) is 34.9 Å². The van der Waals surface area contributed by atoms with E-state index in [9.17, 15) is 9.90 Å². The predicted molar refractivity (Wildman–Crippen MR) is 71.5 cm³/mol. The fraction of sp³-hybridized carbons (Fsp3) is 0.533. The lowest BCUT2D eigenvalue weighted by Gasteiger charge is -2.18. The first-order chi connectivity index (χ1) is 8.47. The third kappa shape index (κ3) is 2.72. The summed E-state index contributed by atoms with van der Waals surface area (Å²) in [6, 6.07) is 6.57. The SMILES string of the molecule is Cc1cc(C)cc([C@@H]2CCN(C(=O)[C@H](C)O)C2)c1. The second-order valence-corrected chi connectivity index (χ2v) is 5.37. The van der Waals surface area contributed by atoms with E-state index in [1.165, 1.54) is 23.6 Å². The van der Waals surface area contributed by atoms with Crippen molar-refractivity contribution in [1.29, 1.82) is 0 Å². The molecule has 1 fully saturated rings. The van der Waals surface area contributed by atoms with Crippen LogP contribution in [-0.2, 0) is 4.79 Å². The first-order valence-corrected chi connectivity index (χ1v) is 6.52. The first kappa shape index (κ1) is 13.1. The molecule has 1 heterocycles. The molecule has 2 atom stereocenters. The molecule has 3 nitrogen and oxygen atoms in total. The lowest BCUT2D eigenvalue weighted by Crippen LogP contribution is -2.35. The molecule has 1 aromatic rings. The van der Waals surface area contributed by atoms with Crippen molar-refractivity contribution in [2.45, 2.75) is 39.2 Å². The average molecular weight is 247 g/mol. The summed E-state index contributed by atoms with van der Waals surface area (Å²) in [7, 11) is 0. The summed E-state index contributed by atoms with van der Waals surface area (Å²) in [6.45, 7) is 7.22. The first-order valence-electron chi connectivity index (χ1n) is 6.52. The molecule has 18 heavy (non-hydrogen) atoms. The van der Waals surface area contributed by atoms with E-state index in [1.54, 1.807) is 4.90 Å². The molecule has 1 amide bonds. The summed E-state index contributed by atoms with van der Waals surface area (Å²) < 4.78 is 0. The van der Waals surface area contributed by atoms with Gasteiger partial charge in [-0.3, -0.25) is 4.79 Å². The summed E-state index contributed by atoms with van der Waals surface area (Å²) in [5.41, 5.74) is 3.85. The maximum Gasteiger partial charge on any atom is 0.251 e. The minimum atomic E-state index is -0.886. The monoisotopic (exact) mass is 247 g/mol. The Hall–Kier alpha value is -1.35. The fourth-order valence-electron chi connectivity index (χ4n) is 2.74. The summed E-state index contributed by atoms with van der Waals surface area (Å²) in [6.07, 6.45) is 0.101. The number of likely N-dealkylation sites (tertiary alicyclic amines) is 1. The summed E-state index contributed by atoms with van der Waals surface area (Å²) in [4.78, 5) is 13.5. The molecule has 0 bridgehead atoms. The van der Waals surface area contributed by atoms with Crippen molar-refractivity contribution < 1.29 is 9.90 Å². The highest BCUT2D eigenvalue weighted by atomic mass is 16.3. The van der Waals surface area contributed by atoms with Gasteiger partial charge in [0.1, 0.15) is 6.10 Å². The lowest BCUT2D eigenvalue weighted by molar-refractivity contribution is -0.138. The van der Waals surface area contributed by atoms with E-state index in [-0.39, 0.29) is 5.91 Å². The van der Waals surface area contributed by atoms with Gasteiger partial charge in [0.2, 0.25) is 0 Å². The molecule has 1 aliphatic rings. The number of nitrogens with zero attached hydrogens (tertiary/aromatic N) is 1. The normalized spacial score (nSPS) is 21.1. The van der Waals surface area contributed by atoms with Crippen molar-refractivity contribution >= 4 is 5.91 Å². The zero-order chi connectivity index (χ0) is 13.3. The van der Waals surface area contributed by atoms with Crippen LogP contribution in [-0.4, -0.2) is 35.1 Å². The lowest BCUT2D eigenvalue weighted by atomic mass is 9.95. The van der Waals surface area contributed by atoms with Gasteiger partial charge in [-0.15, -0.1) is 0 Å². The third-order valence-electron chi connectivity index (χ3n) is 3.57. The number of amides is 1. The van der Waals surface area contributed by atoms with Crippen molar-refractivity contribution in [1.82, 2.24) is 4.90 Å². The van der Waals surface area contributed by atoms with Gasteiger partial charge in [0.25, 0.3) is 5.91 Å². The van der Waals surface area contributed by atoms with Crippen LogP contribution in [0.1, 0.15) is 36.0 Å². The van der Waals surface area contributed by atoms with E-state index in [1.807, 2.05) is 0 Å². The smallest absolute Gasteiger partial charge is 0.251 e. The number of rotatable bonds is 2. The van der Waals surface area contributed by atoms with Gasteiger partial charge < -0.3 is 10.0 Å². The molecule has 2 rings (SSSR count). The van der Waals surface area contributed by atoms with Gasteiger partial charge in [0, 0.05) is 19.0 Å². The Morgan fingerprint density at radius 2 is 1.94 bits per heavy atom. The van der Waals surface area contributed by atoms with Gasteiger partial charge in [-0.05, 0) is 32.8 Å². The topological polar surface area (TPSA) is 40.5 Å². The van der Waals surface area contributed by atoms with Crippen LogP contribution < -0.4 is 0 Å². The van der Waals surface area contributed by atoms with Gasteiger partial charge in [0.05, 0.1) is 0 Å². The summed E-state index contributed by atoms with van der Waals surface area (Å²) in [5.74, 6) is 0.258. The van der Waals surface area contributed by atoms with E-state index in [0.717, 1.165) is 19.5 Å². The highest BCUT2D eigenvalue weighted by Gasteiger charge is 2.29. The average Bonchev–Trinajstić information content (AvgIpc) is 2.75. The highest BCUT2D eigenvalue weighted by Crippen LogP contribution is 2.28. The predicted octanol–water partition coefficient (Wildman–Crippen LogP) is 2.00. The van der Waals surface area contributed by atoms with Crippen LogP contribution in [0.4, 0.5) is 0 Å². The zero-order valence-electron chi connectivity index (χ0n) is 11.3. The van der Waals surface area contributed by atoms with Crippen LogP contribution in [0.3, 0.4) is 0 Å². The van der Waals surface area contributed by atoms with Crippen LogP contribution >= 0.6 is 0 Å². The Morgan fingerprint density at radius 1 is 1.33 bits per heavy atom. The van der Waals surface area contributed by atoms with E-state index in [4.69, 9.17) is 0 Å². The number of carbonyl (C=O) groups is 1. The second-order valence-electron chi connectivity index (χ2n) is 5.37. The molecule has 1 aromatic carbocycles. The summed E-state index contributed by atoms with van der Waals surface area (Å²) in [5, 5.41) is 9.34. The number of benzene rings is 1. The van der Waals surface area contributed by atoms with Gasteiger partial charge >= 0.3 is 0 Å². The van der Waals surface area contributed by atoms with Crippen molar-refractivity contribution in [2.24, 2.45) is 0 Å². The van der Waals surface area contributed by atoms with Crippen LogP contribution in [0.2, 0.25) is 0 Å².